The van der Waals surface area contributed by atoms with Crippen LogP contribution in [0.25, 0.3) is 0 Å². The predicted octanol–water partition coefficient (Wildman–Crippen LogP) is 1.27. The zero-order valence-corrected chi connectivity index (χ0v) is 12.7. The van der Waals surface area contributed by atoms with E-state index in [2.05, 4.69) is 4.90 Å². The molecule has 0 N–H and O–H groups in total. The van der Waals surface area contributed by atoms with Gasteiger partial charge in [0.05, 0.1) is 0 Å². The third-order valence-corrected chi connectivity index (χ3v) is 3.15. The summed E-state index contributed by atoms with van der Waals surface area (Å²) in [5, 5.41) is 0. The Kier molecular flexibility index (Phi) is 5.35. The third-order valence-electron chi connectivity index (χ3n) is 3.15. The first-order chi connectivity index (χ1) is 8.70. The summed E-state index contributed by atoms with van der Waals surface area (Å²) < 4.78 is 5.43. The molecule has 1 rings (SSSR count). The van der Waals surface area contributed by atoms with E-state index >= 15 is 0 Å². The van der Waals surface area contributed by atoms with Crippen molar-refractivity contribution in [2.24, 2.45) is 0 Å². The largest absolute Gasteiger partial charge is 0.459 e. The number of nitrogens with zero attached hydrogens (tertiary/aromatic N) is 2. The van der Waals surface area contributed by atoms with Crippen molar-refractivity contribution in [1.82, 2.24) is 9.80 Å². The SMILES string of the molecule is CN(C)C(=O)CCN1CCC[C@@H]1C(=O)OC(C)(C)C. The summed E-state index contributed by atoms with van der Waals surface area (Å²) in [4.78, 5) is 27.3. The summed E-state index contributed by atoms with van der Waals surface area (Å²) >= 11 is 0. The summed E-state index contributed by atoms with van der Waals surface area (Å²) in [6, 6.07) is -0.186. The highest BCUT2D eigenvalue weighted by molar-refractivity contribution is 5.77. The van der Waals surface area contributed by atoms with Crippen LogP contribution >= 0.6 is 0 Å². The van der Waals surface area contributed by atoms with Gasteiger partial charge in [-0.3, -0.25) is 14.5 Å². The number of carbonyl (C=O) groups is 2. The Labute approximate surface area is 115 Å². The van der Waals surface area contributed by atoms with Crippen LogP contribution in [0.1, 0.15) is 40.0 Å². The van der Waals surface area contributed by atoms with Gasteiger partial charge in [0.15, 0.2) is 0 Å². The molecule has 110 valence electrons. The van der Waals surface area contributed by atoms with E-state index in [0.717, 1.165) is 19.4 Å². The molecular weight excluding hydrogens is 244 g/mol. The summed E-state index contributed by atoms with van der Waals surface area (Å²) in [6.07, 6.45) is 2.26. The number of hydrogen-bond donors (Lipinski definition) is 0. The number of ether oxygens (including phenoxy) is 1. The predicted molar refractivity (Wildman–Crippen MR) is 73.8 cm³/mol. The van der Waals surface area contributed by atoms with Gasteiger partial charge in [-0.1, -0.05) is 0 Å². The van der Waals surface area contributed by atoms with Gasteiger partial charge in [-0.25, -0.2) is 0 Å². The van der Waals surface area contributed by atoms with Crippen LogP contribution in [-0.4, -0.2) is 60.5 Å². The molecule has 5 heteroatoms. The Morgan fingerprint density at radius 1 is 1.32 bits per heavy atom. The van der Waals surface area contributed by atoms with Crippen molar-refractivity contribution in [2.45, 2.75) is 51.7 Å². The van der Waals surface area contributed by atoms with Gasteiger partial charge in [-0.2, -0.15) is 0 Å². The van der Waals surface area contributed by atoms with Crippen LogP contribution < -0.4 is 0 Å². The molecule has 0 unspecified atom stereocenters. The van der Waals surface area contributed by atoms with Crippen molar-refractivity contribution in [3.63, 3.8) is 0 Å². The summed E-state index contributed by atoms with van der Waals surface area (Å²) in [6.45, 7) is 7.12. The van der Waals surface area contributed by atoms with Crippen LogP contribution in [0.4, 0.5) is 0 Å². The quantitative estimate of drug-likeness (QED) is 0.722. The minimum Gasteiger partial charge on any atom is -0.459 e. The van der Waals surface area contributed by atoms with E-state index in [0.29, 0.717) is 13.0 Å². The fraction of sp³-hybridized carbons (Fsp3) is 0.857. The molecule has 0 aliphatic carbocycles. The van der Waals surface area contributed by atoms with Gasteiger partial charge in [0, 0.05) is 27.1 Å². The van der Waals surface area contributed by atoms with Gasteiger partial charge in [0.2, 0.25) is 5.91 Å². The minimum atomic E-state index is -0.454. The van der Waals surface area contributed by atoms with E-state index in [4.69, 9.17) is 4.74 Å². The lowest BCUT2D eigenvalue weighted by Gasteiger charge is -2.27. The van der Waals surface area contributed by atoms with Crippen LogP contribution in [0.5, 0.6) is 0 Å². The minimum absolute atomic E-state index is 0.0924. The Balaban J connectivity index is 2.50. The maximum atomic E-state index is 12.1. The molecule has 0 bridgehead atoms. The molecule has 0 saturated carbocycles. The molecule has 19 heavy (non-hydrogen) atoms. The molecule has 0 aromatic heterocycles. The van der Waals surface area contributed by atoms with Gasteiger partial charge in [-0.05, 0) is 40.2 Å². The fourth-order valence-corrected chi connectivity index (χ4v) is 2.19. The maximum Gasteiger partial charge on any atom is 0.323 e. The first-order valence-electron chi connectivity index (χ1n) is 6.88. The number of amides is 1. The van der Waals surface area contributed by atoms with Crippen molar-refractivity contribution < 1.29 is 14.3 Å². The molecule has 1 aliphatic rings. The third kappa shape index (κ3) is 5.19. The lowest BCUT2D eigenvalue weighted by atomic mass is 10.1. The van der Waals surface area contributed by atoms with Crippen LogP contribution in [-0.2, 0) is 14.3 Å². The van der Waals surface area contributed by atoms with Crippen molar-refractivity contribution in [1.29, 1.82) is 0 Å². The molecule has 1 heterocycles. The van der Waals surface area contributed by atoms with Crippen LogP contribution in [0.2, 0.25) is 0 Å². The van der Waals surface area contributed by atoms with Crippen LogP contribution in [0.3, 0.4) is 0 Å². The van der Waals surface area contributed by atoms with E-state index in [1.807, 2.05) is 20.8 Å². The Hall–Kier alpha value is -1.10. The molecule has 0 aromatic rings. The number of esters is 1. The second-order valence-corrected chi connectivity index (χ2v) is 6.27. The summed E-state index contributed by atoms with van der Waals surface area (Å²) in [7, 11) is 3.50. The standard InChI is InChI=1S/C14H26N2O3/c1-14(2,3)19-13(18)11-7-6-9-16(11)10-8-12(17)15(4)5/h11H,6-10H2,1-5H3/t11-/m1/s1. The zero-order chi connectivity index (χ0) is 14.6. The molecule has 1 amide bonds. The normalized spacial score (nSPS) is 20.4. The highest BCUT2D eigenvalue weighted by Gasteiger charge is 2.34. The Morgan fingerprint density at radius 2 is 1.95 bits per heavy atom. The second-order valence-electron chi connectivity index (χ2n) is 6.27. The summed E-state index contributed by atoms with van der Waals surface area (Å²) in [5.41, 5.74) is -0.454. The van der Waals surface area contributed by atoms with Gasteiger partial charge in [0.1, 0.15) is 11.6 Å². The average molecular weight is 270 g/mol. The van der Waals surface area contributed by atoms with E-state index in [-0.39, 0.29) is 17.9 Å². The van der Waals surface area contributed by atoms with Gasteiger partial charge < -0.3 is 9.64 Å². The monoisotopic (exact) mass is 270 g/mol. The van der Waals surface area contributed by atoms with Gasteiger partial charge in [0.25, 0.3) is 0 Å². The molecular formula is C14H26N2O3. The Bertz CT molecular complexity index is 334. The molecule has 1 aliphatic heterocycles. The first-order valence-corrected chi connectivity index (χ1v) is 6.88. The number of hydrogen-bond acceptors (Lipinski definition) is 4. The number of rotatable bonds is 4. The molecule has 1 atom stereocenters. The molecule has 5 nitrogen and oxygen atoms in total. The van der Waals surface area contributed by atoms with E-state index in [1.165, 1.54) is 0 Å². The van der Waals surface area contributed by atoms with E-state index in [9.17, 15) is 9.59 Å². The van der Waals surface area contributed by atoms with Crippen molar-refractivity contribution in [2.75, 3.05) is 27.2 Å². The van der Waals surface area contributed by atoms with Crippen LogP contribution in [0, 0.1) is 0 Å². The van der Waals surface area contributed by atoms with Crippen LogP contribution in [0.15, 0.2) is 0 Å². The number of carbonyl (C=O) groups excluding carboxylic acids is 2. The highest BCUT2D eigenvalue weighted by Crippen LogP contribution is 2.21. The lowest BCUT2D eigenvalue weighted by molar-refractivity contribution is -0.160. The molecule has 1 fully saturated rings. The first kappa shape index (κ1) is 16.0. The molecule has 0 radical (unpaired) electrons. The van der Waals surface area contributed by atoms with Gasteiger partial charge >= 0.3 is 5.97 Å². The molecule has 0 aromatic carbocycles. The Morgan fingerprint density at radius 3 is 2.47 bits per heavy atom. The fourth-order valence-electron chi connectivity index (χ4n) is 2.19. The van der Waals surface area contributed by atoms with Gasteiger partial charge in [-0.15, -0.1) is 0 Å². The van der Waals surface area contributed by atoms with Crippen molar-refractivity contribution in [3.05, 3.63) is 0 Å². The smallest absolute Gasteiger partial charge is 0.323 e. The molecule has 0 spiro atoms. The maximum absolute atomic E-state index is 12.1. The van der Waals surface area contributed by atoms with E-state index < -0.39 is 5.60 Å². The average Bonchev–Trinajstić information content (AvgIpc) is 2.71. The van der Waals surface area contributed by atoms with E-state index in [1.54, 1.807) is 19.0 Å². The molecule has 1 saturated heterocycles. The topological polar surface area (TPSA) is 49.9 Å². The zero-order valence-electron chi connectivity index (χ0n) is 12.7. The second kappa shape index (κ2) is 6.37. The summed E-state index contributed by atoms with van der Waals surface area (Å²) in [5.74, 6) is -0.0721. The van der Waals surface area contributed by atoms with Crippen molar-refractivity contribution in [3.8, 4) is 0 Å². The lowest BCUT2D eigenvalue weighted by Crippen LogP contribution is -2.41. The van der Waals surface area contributed by atoms with Crippen molar-refractivity contribution >= 4 is 11.9 Å². The number of likely N-dealkylation sites (tertiary alicyclic amines) is 1. The highest BCUT2D eigenvalue weighted by atomic mass is 16.6.